The van der Waals surface area contributed by atoms with E-state index in [0.29, 0.717) is 0 Å². The third kappa shape index (κ3) is 3.91. The maximum absolute atomic E-state index is 2.51. The van der Waals surface area contributed by atoms with Gasteiger partial charge in [-0.1, -0.05) is 126 Å². The molecule has 0 N–H and O–H groups in total. The first kappa shape index (κ1) is 29.3. The van der Waals surface area contributed by atoms with E-state index in [0.717, 1.165) is 0 Å². The van der Waals surface area contributed by atoms with Gasteiger partial charge in [-0.05, 0) is 86.6 Å². The lowest BCUT2D eigenvalue weighted by molar-refractivity contribution is 0.591. The molecule has 0 aliphatic rings. The molecule has 2 nitrogen and oxygen atoms in total. The first-order valence-electron chi connectivity index (χ1n) is 17.9. The first-order chi connectivity index (χ1) is 24.1. The van der Waals surface area contributed by atoms with E-state index < -0.39 is 0 Å². The third-order valence-electron chi connectivity index (χ3n) is 11.1. The fourth-order valence-electron chi connectivity index (χ4n) is 8.72. The summed E-state index contributed by atoms with van der Waals surface area (Å²) < 4.78 is 5.03. The second kappa shape index (κ2) is 9.98. The van der Waals surface area contributed by atoms with Crippen molar-refractivity contribution < 1.29 is 0 Å². The van der Waals surface area contributed by atoms with E-state index in [1.165, 1.54) is 98.4 Å². The van der Waals surface area contributed by atoms with Crippen molar-refractivity contribution in [1.29, 1.82) is 0 Å². The lowest BCUT2D eigenvalue weighted by Gasteiger charge is -2.19. The van der Waals surface area contributed by atoms with Gasteiger partial charge in [-0.2, -0.15) is 0 Å². The van der Waals surface area contributed by atoms with E-state index in [1.54, 1.807) is 0 Å². The molecule has 0 saturated carbocycles. The highest BCUT2D eigenvalue weighted by molar-refractivity contribution is 6.44. The Morgan fingerprint density at radius 1 is 0.340 bits per heavy atom. The van der Waals surface area contributed by atoms with Crippen molar-refractivity contribution >= 4 is 75.9 Å². The number of rotatable bonds is 2. The molecular weight excluding hydrogens is 605 g/mol. The summed E-state index contributed by atoms with van der Waals surface area (Å²) in [6.45, 7) is 13.9. The van der Waals surface area contributed by atoms with E-state index in [9.17, 15) is 0 Å². The largest absolute Gasteiger partial charge is 0.309 e. The highest BCUT2D eigenvalue weighted by atomic mass is 15.0. The van der Waals surface area contributed by atoms with Crippen molar-refractivity contribution in [3.63, 3.8) is 0 Å². The molecular formula is C48H40N2. The molecule has 0 bridgehead atoms. The van der Waals surface area contributed by atoms with E-state index in [4.69, 9.17) is 0 Å². The quantitative estimate of drug-likeness (QED) is 0.166. The van der Waals surface area contributed by atoms with Gasteiger partial charge >= 0.3 is 0 Å². The van der Waals surface area contributed by atoms with Gasteiger partial charge in [-0.25, -0.2) is 0 Å². The molecule has 2 aromatic heterocycles. The number of benzene rings is 8. The van der Waals surface area contributed by atoms with Gasteiger partial charge in [-0.15, -0.1) is 0 Å². The van der Waals surface area contributed by atoms with Crippen molar-refractivity contribution in [2.75, 3.05) is 0 Å². The summed E-state index contributed by atoms with van der Waals surface area (Å²) >= 11 is 0. The Hall–Kier alpha value is -5.60. The zero-order valence-corrected chi connectivity index (χ0v) is 29.6. The van der Waals surface area contributed by atoms with Gasteiger partial charge in [0.2, 0.25) is 0 Å². The lowest BCUT2D eigenvalue weighted by Crippen LogP contribution is -2.10. The van der Waals surface area contributed by atoms with Crippen LogP contribution in [0.4, 0.5) is 0 Å². The van der Waals surface area contributed by atoms with Gasteiger partial charge in [-0.3, -0.25) is 0 Å². The second-order valence-corrected chi connectivity index (χ2v) is 16.2. The molecule has 0 saturated heterocycles. The first-order valence-corrected chi connectivity index (χ1v) is 17.9. The highest BCUT2D eigenvalue weighted by Crippen LogP contribution is 2.51. The van der Waals surface area contributed by atoms with Crippen LogP contribution in [0.25, 0.3) is 87.3 Å². The van der Waals surface area contributed by atoms with Crippen LogP contribution in [-0.4, -0.2) is 9.13 Å². The van der Waals surface area contributed by atoms with Crippen LogP contribution in [0.3, 0.4) is 0 Å². The molecule has 0 amide bonds. The summed E-state index contributed by atoms with van der Waals surface area (Å²) in [7, 11) is 0. The molecule has 2 heteroatoms. The number of para-hydroxylation sites is 2. The van der Waals surface area contributed by atoms with Crippen LogP contribution in [0.1, 0.15) is 52.7 Å². The number of aromatic nitrogens is 2. The fourth-order valence-corrected chi connectivity index (χ4v) is 8.72. The Morgan fingerprint density at radius 2 is 0.720 bits per heavy atom. The third-order valence-corrected chi connectivity index (χ3v) is 11.1. The number of hydrogen-bond acceptors (Lipinski definition) is 0. The predicted octanol–water partition coefficient (Wildman–Crippen LogP) is 13.4. The molecule has 0 fully saturated rings. The average molecular weight is 645 g/mol. The number of hydrogen-bond donors (Lipinski definition) is 0. The maximum Gasteiger partial charge on any atom is 0.0626 e. The van der Waals surface area contributed by atoms with Gasteiger partial charge in [0, 0.05) is 49.1 Å². The van der Waals surface area contributed by atoms with Gasteiger partial charge < -0.3 is 9.13 Å². The van der Waals surface area contributed by atoms with Crippen LogP contribution >= 0.6 is 0 Å². The van der Waals surface area contributed by atoms with Crippen LogP contribution in [0.2, 0.25) is 0 Å². The van der Waals surface area contributed by atoms with Crippen molar-refractivity contribution in [3.05, 3.63) is 145 Å². The monoisotopic (exact) mass is 644 g/mol. The minimum absolute atomic E-state index is 0.0324. The summed E-state index contributed by atoms with van der Waals surface area (Å²) in [4.78, 5) is 0. The molecule has 0 unspecified atom stereocenters. The molecule has 0 radical (unpaired) electrons. The van der Waals surface area contributed by atoms with Gasteiger partial charge in [0.15, 0.2) is 0 Å². The summed E-state index contributed by atoms with van der Waals surface area (Å²) in [6, 6.07) is 50.2. The SMILES string of the molecule is CC(C)(C)c1ccc2c(c1)c1c3cccc4c3c3c(cccc3c3c4c4cc(C(C)(C)C)ccc4n3-c3ccccc3)c1n2-c1ccccc1. The Balaban J connectivity index is 1.52. The van der Waals surface area contributed by atoms with Gasteiger partial charge in [0.1, 0.15) is 0 Å². The lowest BCUT2D eigenvalue weighted by atomic mass is 9.85. The molecule has 50 heavy (non-hydrogen) atoms. The van der Waals surface area contributed by atoms with E-state index in [1.807, 2.05) is 0 Å². The Kier molecular flexibility index (Phi) is 5.86. The summed E-state index contributed by atoms with van der Waals surface area (Å²) in [5, 5.41) is 13.2. The van der Waals surface area contributed by atoms with Crippen LogP contribution in [0.5, 0.6) is 0 Å². The Labute approximate surface area is 292 Å². The average Bonchev–Trinajstić information content (AvgIpc) is 3.65. The molecule has 10 rings (SSSR count). The van der Waals surface area contributed by atoms with Crippen LogP contribution in [0, 0.1) is 0 Å². The van der Waals surface area contributed by atoms with E-state index >= 15 is 0 Å². The van der Waals surface area contributed by atoms with Crippen molar-refractivity contribution in [3.8, 4) is 11.4 Å². The highest BCUT2D eigenvalue weighted by Gasteiger charge is 2.27. The van der Waals surface area contributed by atoms with Crippen LogP contribution in [-0.2, 0) is 10.8 Å². The maximum atomic E-state index is 2.51. The second-order valence-electron chi connectivity index (χ2n) is 16.2. The zero-order valence-electron chi connectivity index (χ0n) is 29.6. The normalized spacial score (nSPS) is 13.0. The summed E-state index contributed by atoms with van der Waals surface area (Å²) in [6.07, 6.45) is 0. The van der Waals surface area contributed by atoms with E-state index in [-0.39, 0.29) is 10.8 Å². The Bertz CT molecular complexity index is 2760. The van der Waals surface area contributed by atoms with E-state index in [2.05, 4.69) is 184 Å². The zero-order chi connectivity index (χ0) is 34.1. The van der Waals surface area contributed by atoms with Crippen molar-refractivity contribution in [1.82, 2.24) is 9.13 Å². The van der Waals surface area contributed by atoms with Crippen LogP contribution in [0.15, 0.2) is 133 Å². The van der Waals surface area contributed by atoms with Crippen LogP contribution < -0.4 is 0 Å². The molecule has 8 aromatic carbocycles. The number of nitrogens with zero attached hydrogens (tertiary/aromatic N) is 2. The fraction of sp³-hybridized carbons (Fsp3) is 0.167. The summed E-state index contributed by atoms with van der Waals surface area (Å²) in [5.41, 5.74) is 10.2. The van der Waals surface area contributed by atoms with Gasteiger partial charge in [0.05, 0.1) is 22.1 Å². The standard InChI is InChI=1S/C48H40N2/c1-47(2,3)29-23-25-39-37(27-29)43-33-19-13-20-34-41(33)42-35(45(43)49(39)31-15-9-7-10-16-31)21-14-22-36(42)46-44(34)38-28-30(48(4,5)6)24-26-40(38)50(46)32-17-11-8-12-18-32/h7-28H,1-6H3. The van der Waals surface area contributed by atoms with Gasteiger partial charge in [0.25, 0.3) is 0 Å². The number of fused-ring (bicyclic) bond motifs is 10. The predicted molar refractivity (Wildman–Crippen MR) is 216 cm³/mol. The molecule has 0 aliphatic heterocycles. The minimum atomic E-state index is 0.0324. The molecule has 10 aromatic rings. The Morgan fingerprint density at radius 3 is 1.12 bits per heavy atom. The molecule has 0 atom stereocenters. The molecule has 2 heterocycles. The molecule has 0 spiro atoms. The summed E-state index contributed by atoms with van der Waals surface area (Å²) in [5.74, 6) is 0. The smallest absolute Gasteiger partial charge is 0.0626 e. The van der Waals surface area contributed by atoms with Crippen molar-refractivity contribution in [2.24, 2.45) is 0 Å². The minimum Gasteiger partial charge on any atom is -0.309 e. The molecule has 242 valence electrons. The van der Waals surface area contributed by atoms with Crippen molar-refractivity contribution in [2.45, 2.75) is 52.4 Å². The topological polar surface area (TPSA) is 9.86 Å². The molecule has 0 aliphatic carbocycles.